The van der Waals surface area contributed by atoms with Crippen LogP contribution in [0.5, 0.6) is 0 Å². The number of fused-ring (bicyclic) bond motifs is 3. The number of imidazole rings is 3. The normalized spacial score (nSPS) is 16.4. The molecule has 1 spiro atoms. The number of ether oxygens (including phenoxy) is 1. The van der Waals surface area contributed by atoms with Crippen LogP contribution in [0.15, 0.2) is 97.5 Å². The summed E-state index contributed by atoms with van der Waals surface area (Å²) in [5.74, 6) is 1.36. The minimum atomic E-state index is -0.224. The average molecular weight is 643 g/mol. The molecule has 3 aliphatic rings. The monoisotopic (exact) mass is 642 g/mol. The second-order valence-corrected chi connectivity index (χ2v) is 12.9. The quantitative estimate of drug-likeness (QED) is 0.220. The maximum atomic E-state index is 13.1. The van der Waals surface area contributed by atoms with Gasteiger partial charge in [0.25, 0.3) is 0 Å². The van der Waals surface area contributed by atoms with Gasteiger partial charge in [-0.2, -0.15) is 0 Å². The lowest BCUT2D eigenvalue weighted by molar-refractivity contribution is -0.127. The van der Waals surface area contributed by atoms with E-state index in [9.17, 15) is 8.78 Å². The van der Waals surface area contributed by atoms with E-state index in [4.69, 9.17) is 9.72 Å². The zero-order valence-corrected chi connectivity index (χ0v) is 26.0. The molecule has 6 heterocycles. The fourth-order valence-electron chi connectivity index (χ4n) is 6.79. The van der Waals surface area contributed by atoms with Crippen molar-refractivity contribution in [1.29, 1.82) is 0 Å². The SMILES string of the molecule is Fc1ccc(-c2ccc3nc(N4CC5(COC5)C4)[nH]c3c2)cc1.Fc1ccc(-c2ccc3nc(N4CCn5cncc5C4)[nH]c3c2)cc1. The maximum Gasteiger partial charge on any atom is 0.204 e. The predicted molar refractivity (Wildman–Crippen MR) is 182 cm³/mol. The maximum absolute atomic E-state index is 13.1. The van der Waals surface area contributed by atoms with Crippen molar-refractivity contribution in [3.05, 3.63) is 115 Å². The summed E-state index contributed by atoms with van der Waals surface area (Å²) in [7, 11) is 0. The molecular weight excluding hydrogens is 610 g/mol. The molecule has 2 saturated heterocycles. The number of hydrogen-bond donors (Lipinski definition) is 2. The van der Waals surface area contributed by atoms with Gasteiger partial charge in [0.2, 0.25) is 11.9 Å². The number of nitrogens with one attached hydrogen (secondary N) is 2. The van der Waals surface area contributed by atoms with E-state index in [2.05, 4.69) is 46.4 Å². The van der Waals surface area contributed by atoms with Crippen LogP contribution in [0.3, 0.4) is 0 Å². The number of benzene rings is 4. The van der Waals surface area contributed by atoms with Crippen LogP contribution in [0.4, 0.5) is 20.7 Å². The Kier molecular flexibility index (Phi) is 6.75. The van der Waals surface area contributed by atoms with E-state index in [1.54, 1.807) is 24.3 Å². The molecule has 240 valence electrons. The summed E-state index contributed by atoms with van der Waals surface area (Å²) in [6.07, 6.45) is 3.78. The van der Waals surface area contributed by atoms with Crippen molar-refractivity contribution in [3.63, 3.8) is 0 Å². The van der Waals surface area contributed by atoms with E-state index in [0.29, 0.717) is 5.41 Å². The minimum absolute atomic E-state index is 0.217. The summed E-state index contributed by atoms with van der Waals surface area (Å²) in [4.78, 5) is 24.9. The van der Waals surface area contributed by atoms with Gasteiger partial charge in [-0.25, -0.2) is 23.7 Å². The molecule has 10 rings (SSSR count). The predicted octanol–water partition coefficient (Wildman–Crippen LogP) is 6.79. The number of anilines is 2. The highest BCUT2D eigenvalue weighted by Crippen LogP contribution is 2.40. The number of hydrogen-bond acceptors (Lipinski definition) is 6. The third-order valence-electron chi connectivity index (χ3n) is 9.52. The highest BCUT2D eigenvalue weighted by Gasteiger charge is 2.49. The highest BCUT2D eigenvalue weighted by molar-refractivity contribution is 5.84. The van der Waals surface area contributed by atoms with Gasteiger partial charge in [0.15, 0.2) is 0 Å². The number of aromatic amines is 2. The van der Waals surface area contributed by atoms with E-state index in [-0.39, 0.29) is 11.6 Å². The zero-order valence-electron chi connectivity index (χ0n) is 26.0. The van der Waals surface area contributed by atoms with Gasteiger partial charge < -0.3 is 29.1 Å². The number of H-pyrrole nitrogens is 2. The van der Waals surface area contributed by atoms with Gasteiger partial charge in [-0.1, -0.05) is 36.4 Å². The van der Waals surface area contributed by atoms with Crippen LogP contribution in [0.1, 0.15) is 5.69 Å². The van der Waals surface area contributed by atoms with Crippen molar-refractivity contribution in [2.75, 3.05) is 42.6 Å². The fourth-order valence-corrected chi connectivity index (χ4v) is 6.79. The fraction of sp³-hybridized carbons (Fsp3) is 0.216. The smallest absolute Gasteiger partial charge is 0.204 e. The third kappa shape index (κ3) is 5.26. The van der Waals surface area contributed by atoms with Gasteiger partial charge in [0.05, 0.1) is 59.3 Å². The lowest BCUT2D eigenvalue weighted by Gasteiger charge is -2.54. The first kappa shape index (κ1) is 28.7. The summed E-state index contributed by atoms with van der Waals surface area (Å²) in [6.45, 7) is 6.37. The van der Waals surface area contributed by atoms with Crippen molar-refractivity contribution < 1.29 is 13.5 Å². The molecule has 0 aliphatic carbocycles. The van der Waals surface area contributed by atoms with E-state index in [1.165, 1.54) is 30.0 Å². The molecule has 0 bridgehead atoms. The van der Waals surface area contributed by atoms with Crippen LogP contribution in [0.2, 0.25) is 0 Å². The van der Waals surface area contributed by atoms with Crippen molar-refractivity contribution in [2.45, 2.75) is 13.1 Å². The molecule has 7 aromatic rings. The summed E-state index contributed by atoms with van der Waals surface area (Å²) in [6, 6.07) is 25.3. The third-order valence-corrected chi connectivity index (χ3v) is 9.52. The minimum Gasteiger partial charge on any atom is -0.380 e. The van der Waals surface area contributed by atoms with Crippen LogP contribution in [-0.4, -0.2) is 62.3 Å². The van der Waals surface area contributed by atoms with Crippen molar-refractivity contribution in [2.24, 2.45) is 5.41 Å². The average Bonchev–Trinajstić information content (AvgIpc) is 3.82. The molecule has 0 saturated carbocycles. The summed E-state index contributed by atoms with van der Waals surface area (Å²) < 4.78 is 33.7. The standard InChI is InChI=1S/C19H16FN5.C18H16FN3O/c20-15-4-1-13(2-5-15)14-3-6-17-18(9-14)23-19(22-17)24-7-8-25-12-21-10-16(25)11-24;19-14-4-1-12(2-5-14)13-3-6-15-16(7-13)21-17(20-15)22-8-18(9-22)10-23-11-18/h1-6,9-10,12H,7-8,11H2,(H,22,23);1-7H,8-11H2,(H,20,21). The Balaban J connectivity index is 0.000000131. The van der Waals surface area contributed by atoms with E-state index >= 15 is 0 Å². The van der Waals surface area contributed by atoms with Gasteiger partial charge in [0.1, 0.15) is 11.6 Å². The molecule has 3 aromatic heterocycles. The Morgan fingerprint density at radius 1 is 0.646 bits per heavy atom. The molecule has 3 aliphatic heterocycles. The summed E-state index contributed by atoms with van der Waals surface area (Å²) in [5.41, 5.74) is 9.52. The Morgan fingerprint density at radius 3 is 1.73 bits per heavy atom. The zero-order chi connectivity index (χ0) is 32.2. The number of rotatable bonds is 4. The van der Waals surface area contributed by atoms with E-state index in [0.717, 1.165) is 102 Å². The molecule has 2 fully saturated rings. The molecule has 11 heteroatoms. The molecule has 0 amide bonds. The van der Waals surface area contributed by atoms with E-state index in [1.807, 2.05) is 36.8 Å². The molecule has 48 heavy (non-hydrogen) atoms. The first-order valence-corrected chi connectivity index (χ1v) is 16.1. The Labute approximate surface area is 274 Å². The second kappa shape index (κ2) is 11.3. The Bertz CT molecular complexity index is 2240. The van der Waals surface area contributed by atoms with Gasteiger partial charge in [0, 0.05) is 32.4 Å². The largest absolute Gasteiger partial charge is 0.380 e. The number of halogens is 2. The summed E-state index contributed by atoms with van der Waals surface area (Å²) in [5, 5.41) is 0. The highest BCUT2D eigenvalue weighted by atomic mass is 19.1. The lowest BCUT2D eigenvalue weighted by Crippen LogP contribution is -2.66. The van der Waals surface area contributed by atoms with Crippen LogP contribution < -0.4 is 9.80 Å². The first-order chi connectivity index (χ1) is 23.5. The molecule has 0 unspecified atom stereocenters. The molecule has 4 aromatic carbocycles. The van der Waals surface area contributed by atoms with Crippen molar-refractivity contribution in [3.8, 4) is 22.3 Å². The Hall–Kier alpha value is -5.55. The van der Waals surface area contributed by atoms with Gasteiger partial charge in [-0.05, 0) is 70.8 Å². The topological polar surface area (TPSA) is 90.9 Å². The van der Waals surface area contributed by atoms with Crippen LogP contribution >= 0.6 is 0 Å². The molecule has 0 radical (unpaired) electrons. The van der Waals surface area contributed by atoms with E-state index < -0.39 is 0 Å². The van der Waals surface area contributed by atoms with Gasteiger partial charge in [-0.15, -0.1) is 0 Å². The van der Waals surface area contributed by atoms with Crippen molar-refractivity contribution in [1.82, 2.24) is 29.5 Å². The molecule has 2 N–H and O–H groups in total. The number of aromatic nitrogens is 6. The van der Waals surface area contributed by atoms with Crippen LogP contribution in [-0.2, 0) is 17.8 Å². The summed E-state index contributed by atoms with van der Waals surface area (Å²) >= 11 is 0. The first-order valence-electron chi connectivity index (χ1n) is 16.1. The van der Waals surface area contributed by atoms with Gasteiger partial charge in [-0.3, -0.25) is 0 Å². The molecule has 9 nitrogen and oxygen atoms in total. The van der Waals surface area contributed by atoms with Crippen LogP contribution in [0, 0.1) is 17.0 Å². The molecular formula is C37H32F2N8O. The van der Waals surface area contributed by atoms with Crippen LogP contribution in [0.25, 0.3) is 44.3 Å². The van der Waals surface area contributed by atoms with Gasteiger partial charge >= 0.3 is 0 Å². The second-order valence-electron chi connectivity index (χ2n) is 12.9. The number of nitrogens with zero attached hydrogens (tertiary/aromatic N) is 6. The lowest BCUT2D eigenvalue weighted by atomic mass is 9.78. The van der Waals surface area contributed by atoms with Crippen molar-refractivity contribution >= 4 is 34.0 Å². The Morgan fingerprint density at radius 2 is 1.19 bits per heavy atom. The molecule has 0 atom stereocenters.